The van der Waals surface area contributed by atoms with E-state index < -0.39 is 0 Å². The molecule has 0 radical (unpaired) electrons. The molecular formula is C21H27N3O3. The number of benzene rings is 2. The number of carbonyl (C=O) groups is 1. The molecule has 0 aromatic heterocycles. The fourth-order valence-electron chi connectivity index (χ4n) is 3.14. The molecule has 27 heavy (non-hydrogen) atoms. The van der Waals surface area contributed by atoms with Crippen LogP contribution in [0.2, 0.25) is 0 Å². The number of nitrogens with one attached hydrogen (secondary N) is 1. The molecule has 1 aliphatic rings. The molecule has 3 rings (SSSR count). The summed E-state index contributed by atoms with van der Waals surface area (Å²) in [5, 5.41) is 12.5. The summed E-state index contributed by atoms with van der Waals surface area (Å²) in [6.45, 7) is 6.44. The molecule has 1 amide bonds. The molecule has 1 aliphatic heterocycles. The van der Waals surface area contributed by atoms with E-state index in [0.29, 0.717) is 12.3 Å². The van der Waals surface area contributed by atoms with Crippen LogP contribution in [0.4, 0.5) is 0 Å². The van der Waals surface area contributed by atoms with Gasteiger partial charge in [0.15, 0.2) is 18.1 Å². The predicted molar refractivity (Wildman–Crippen MR) is 105 cm³/mol. The fourth-order valence-corrected chi connectivity index (χ4v) is 3.14. The monoisotopic (exact) mass is 369 g/mol. The molecule has 144 valence electrons. The molecule has 1 fully saturated rings. The number of phenolic OH excluding ortho intramolecular Hbond substituents is 1. The number of para-hydroxylation sites is 2. The lowest BCUT2D eigenvalue weighted by atomic mass is 10.2. The van der Waals surface area contributed by atoms with Crippen LogP contribution >= 0.6 is 0 Å². The van der Waals surface area contributed by atoms with Gasteiger partial charge in [-0.25, -0.2) is 0 Å². The highest BCUT2D eigenvalue weighted by Crippen LogP contribution is 2.23. The molecule has 0 saturated carbocycles. The predicted octanol–water partition coefficient (Wildman–Crippen LogP) is 1.70. The Morgan fingerprint density at radius 3 is 2.37 bits per heavy atom. The van der Waals surface area contributed by atoms with Gasteiger partial charge in [0.2, 0.25) is 0 Å². The molecule has 1 heterocycles. The second kappa shape index (κ2) is 9.94. The zero-order chi connectivity index (χ0) is 18.9. The topological polar surface area (TPSA) is 65.0 Å². The lowest BCUT2D eigenvalue weighted by Gasteiger charge is -2.34. The molecule has 6 nitrogen and oxygen atoms in total. The zero-order valence-corrected chi connectivity index (χ0v) is 15.5. The van der Waals surface area contributed by atoms with Gasteiger partial charge in [-0.05, 0) is 17.7 Å². The van der Waals surface area contributed by atoms with Crippen LogP contribution in [0.15, 0.2) is 54.6 Å². The van der Waals surface area contributed by atoms with E-state index in [9.17, 15) is 9.90 Å². The summed E-state index contributed by atoms with van der Waals surface area (Å²) in [6, 6.07) is 17.2. The first-order valence-electron chi connectivity index (χ1n) is 9.37. The summed E-state index contributed by atoms with van der Waals surface area (Å²) in [7, 11) is 0. The SMILES string of the molecule is O=C(COc1ccccc1O)NCCN1CCN(Cc2ccccc2)CC1. The summed E-state index contributed by atoms with van der Waals surface area (Å²) in [4.78, 5) is 16.7. The number of aromatic hydroxyl groups is 1. The number of hydrogen-bond donors (Lipinski definition) is 2. The summed E-state index contributed by atoms with van der Waals surface area (Å²) in [5.74, 6) is 0.182. The molecule has 1 saturated heterocycles. The molecular weight excluding hydrogens is 342 g/mol. The van der Waals surface area contributed by atoms with Crippen molar-refractivity contribution >= 4 is 5.91 Å². The quantitative estimate of drug-likeness (QED) is 0.742. The van der Waals surface area contributed by atoms with Crippen molar-refractivity contribution in [3.8, 4) is 11.5 Å². The maximum atomic E-state index is 11.9. The molecule has 2 aromatic rings. The lowest BCUT2D eigenvalue weighted by molar-refractivity contribution is -0.123. The van der Waals surface area contributed by atoms with E-state index in [4.69, 9.17) is 4.74 Å². The number of phenols is 1. The largest absolute Gasteiger partial charge is 0.504 e. The van der Waals surface area contributed by atoms with Crippen LogP contribution in [0.5, 0.6) is 11.5 Å². The van der Waals surface area contributed by atoms with Crippen molar-refractivity contribution in [2.45, 2.75) is 6.54 Å². The van der Waals surface area contributed by atoms with Gasteiger partial charge in [0.25, 0.3) is 5.91 Å². The Kier molecular flexibility index (Phi) is 7.07. The van der Waals surface area contributed by atoms with Crippen LogP contribution in [-0.2, 0) is 11.3 Å². The molecule has 0 unspecified atom stereocenters. The second-order valence-corrected chi connectivity index (χ2v) is 6.71. The van der Waals surface area contributed by atoms with Crippen molar-refractivity contribution in [3.05, 3.63) is 60.2 Å². The minimum atomic E-state index is -0.180. The number of carbonyl (C=O) groups excluding carboxylic acids is 1. The number of piperazine rings is 1. The first-order valence-corrected chi connectivity index (χ1v) is 9.37. The van der Waals surface area contributed by atoms with Crippen LogP contribution in [-0.4, -0.2) is 66.7 Å². The van der Waals surface area contributed by atoms with Gasteiger partial charge in [0, 0.05) is 45.8 Å². The van der Waals surface area contributed by atoms with Crippen molar-refractivity contribution in [2.75, 3.05) is 45.9 Å². The number of amides is 1. The highest BCUT2D eigenvalue weighted by Gasteiger charge is 2.16. The minimum absolute atomic E-state index is 0.0404. The molecule has 0 atom stereocenters. The Hall–Kier alpha value is -2.57. The first-order chi connectivity index (χ1) is 13.2. The van der Waals surface area contributed by atoms with Gasteiger partial charge >= 0.3 is 0 Å². The third kappa shape index (κ3) is 6.27. The molecule has 2 aromatic carbocycles. The molecule has 0 aliphatic carbocycles. The van der Waals surface area contributed by atoms with E-state index in [-0.39, 0.29) is 18.3 Å². The average Bonchev–Trinajstić information content (AvgIpc) is 2.69. The molecule has 0 bridgehead atoms. The smallest absolute Gasteiger partial charge is 0.257 e. The van der Waals surface area contributed by atoms with Gasteiger partial charge in [-0.2, -0.15) is 0 Å². The summed E-state index contributed by atoms with van der Waals surface area (Å²) < 4.78 is 5.33. The van der Waals surface area contributed by atoms with Gasteiger partial charge in [-0.3, -0.25) is 14.6 Å². The molecule has 2 N–H and O–H groups in total. The zero-order valence-electron chi connectivity index (χ0n) is 15.5. The van der Waals surface area contributed by atoms with Gasteiger partial charge in [0.05, 0.1) is 0 Å². The van der Waals surface area contributed by atoms with E-state index in [0.717, 1.165) is 39.3 Å². The van der Waals surface area contributed by atoms with Gasteiger partial charge in [-0.1, -0.05) is 42.5 Å². The Labute approximate surface area is 160 Å². The Morgan fingerprint density at radius 1 is 0.963 bits per heavy atom. The number of rotatable bonds is 8. The van der Waals surface area contributed by atoms with E-state index in [1.165, 1.54) is 11.6 Å². The third-order valence-electron chi connectivity index (χ3n) is 4.69. The molecule has 0 spiro atoms. The average molecular weight is 369 g/mol. The van der Waals surface area contributed by atoms with Crippen molar-refractivity contribution < 1.29 is 14.6 Å². The van der Waals surface area contributed by atoms with Gasteiger partial charge in [-0.15, -0.1) is 0 Å². The molecule has 6 heteroatoms. The van der Waals surface area contributed by atoms with Crippen LogP contribution < -0.4 is 10.1 Å². The van der Waals surface area contributed by atoms with Crippen LogP contribution in [0.1, 0.15) is 5.56 Å². The van der Waals surface area contributed by atoms with Crippen molar-refractivity contribution in [2.24, 2.45) is 0 Å². The summed E-state index contributed by atoms with van der Waals surface area (Å²) in [6.07, 6.45) is 0. The standard InChI is InChI=1S/C21H27N3O3/c25-19-8-4-5-9-20(19)27-17-21(26)22-10-11-23-12-14-24(15-13-23)16-18-6-2-1-3-7-18/h1-9,25H,10-17H2,(H,22,26). The maximum Gasteiger partial charge on any atom is 0.257 e. The highest BCUT2D eigenvalue weighted by molar-refractivity contribution is 5.77. The maximum absolute atomic E-state index is 11.9. The van der Waals surface area contributed by atoms with Crippen molar-refractivity contribution in [1.82, 2.24) is 15.1 Å². The third-order valence-corrected chi connectivity index (χ3v) is 4.69. The van der Waals surface area contributed by atoms with Crippen molar-refractivity contribution in [1.29, 1.82) is 0 Å². The Balaban J connectivity index is 1.29. The van der Waals surface area contributed by atoms with E-state index in [2.05, 4.69) is 39.4 Å². The second-order valence-electron chi connectivity index (χ2n) is 6.71. The summed E-state index contributed by atoms with van der Waals surface area (Å²) in [5.41, 5.74) is 1.35. The van der Waals surface area contributed by atoms with Gasteiger partial charge < -0.3 is 15.2 Å². The van der Waals surface area contributed by atoms with Crippen LogP contribution in [0.25, 0.3) is 0 Å². The lowest BCUT2D eigenvalue weighted by Crippen LogP contribution is -2.48. The number of hydrogen-bond acceptors (Lipinski definition) is 5. The van der Waals surface area contributed by atoms with E-state index in [1.807, 2.05) is 6.07 Å². The van der Waals surface area contributed by atoms with Crippen molar-refractivity contribution in [3.63, 3.8) is 0 Å². The Morgan fingerprint density at radius 2 is 1.63 bits per heavy atom. The number of ether oxygens (including phenoxy) is 1. The first kappa shape index (κ1) is 19.2. The minimum Gasteiger partial charge on any atom is -0.504 e. The highest BCUT2D eigenvalue weighted by atomic mass is 16.5. The van der Waals surface area contributed by atoms with Gasteiger partial charge in [0.1, 0.15) is 0 Å². The normalized spacial score (nSPS) is 15.4. The number of nitrogens with zero attached hydrogens (tertiary/aromatic N) is 2. The Bertz CT molecular complexity index is 716. The summed E-state index contributed by atoms with van der Waals surface area (Å²) >= 11 is 0. The van der Waals surface area contributed by atoms with E-state index in [1.54, 1.807) is 18.2 Å². The van der Waals surface area contributed by atoms with Crippen LogP contribution in [0.3, 0.4) is 0 Å². The fraction of sp³-hybridized carbons (Fsp3) is 0.381. The van der Waals surface area contributed by atoms with Crippen LogP contribution in [0, 0.1) is 0 Å². The van der Waals surface area contributed by atoms with E-state index >= 15 is 0 Å².